The first-order valence-electron chi connectivity index (χ1n) is 5.66. The number of thiazole rings is 1. The first-order chi connectivity index (χ1) is 8.43. The van der Waals surface area contributed by atoms with E-state index in [4.69, 9.17) is 10.8 Å². The Bertz CT molecular complexity index is 433. The quantitative estimate of drug-likeness (QED) is 0.718. The van der Waals surface area contributed by atoms with E-state index in [0.717, 1.165) is 6.42 Å². The van der Waals surface area contributed by atoms with E-state index in [9.17, 15) is 9.59 Å². The lowest BCUT2D eigenvalue weighted by molar-refractivity contribution is -0.136. The van der Waals surface area contributed by atoms with Crippen LogP contribution in [-0.4, -0.2) is 28.0 Å². The van der Waals surface area contributed by atoms with Crippen molar-refractivity contribution < 1.29 is 14.7 Å². The molecule has 0 radical (unpaired) electrons. The molecule has 0 aromatic carbocycles. The third kappa shape index (κ3) is 4.08. The molecule has 0 aliphatic carbocycles. The number of carbonyl (C=O) groups excluding carboxylic acids is 1. The first kappa shape index (κ1) is 14.6. The molecule has 1 aromatic heterocycles. The fourth-order valence-electron chi connectivity index (χ4n) is 1.30. The normalized spacial score (nSPS) is 13.9. The monoisotopic (exact) mass is 271 g/mol. The molecule has 100 valence electrons. The Morgan fingerprint density at radius 2 is 2.28 bits per heavy atom. The van der Waals surface area contributed by atoms with Gasteiger partial charge in [0.15, 0.2) is 5.13 Å². The predicted octanol–water partition coefficient (Wildman–Crippen LogP) is 1.08. The van der Waals surface area contributed by atoms with Crippen molar-refractivity contribution in [3.63, 3.8) is 0 Å². The van der Waals surface area contributed by atoms with Crippen molar-refractivity contribution in [3.8, 4) is 0 Å². The number of aromatic nitrogens is 1. The highest BCUT2D eigenvalue weighted by molar-refractivity contribution is 7.13. The van der Waals surface area contributed by atoms with Crippen LogP contribution in [0.3, 0.4) is 0 Å². The van der Waals surface area contributed by atoms with Crippen LogP contribution in [-0.2, 0) is 16.0 Å². The zero-order valence-electron chi connectivity index (χ0n) is 10.3. The minimum atomic E-state index is -0.950. The Morgan fingerprint density at radius 1 is 1.61 bits per heavy atom. The molecule has 1 amide bonds. The summed E-state index contributed by atoms with van der Waals surface area (Å²) in [4.78, 5) is 26.3. The number of nitrogens with two attached hydrogens (primary N) is 1. The molecule has 0 saturated carbocycles. The highest BCUT2D eigenvalue weighted by atomic mass is 32.1. The topological polar surface area (TPSA) is 105 Å². The first-order valence-corrected chi connectivity index (χ1v) is 6.54. The summed E-state index contributed by atoms with van der Waals surface area (Å²) in [6, 6.07) is -0.582. The maximum atomic E-state index is 11.8. The number of carboxylic acids is 1. The molecule has 2 atom stereocenters. The minimum Gasteiger partial charge on any atom is -0.481 e. The van der Waals surface area contributed by atoms with Gasteiger partial charge in [-0.05, 0) is 5.92 Å². The van der Waals surface area contributed by atoms with Gasteiger partial charge < -0.3 is 16.2 Å². The molecule has 4 N–H and O–H groups in total. The van der Waals surface area contributed by atoms with E-state index in [-0.39, 0.29) is 18.2 Å². The second kappa shape index (κ2) is 6.46. The fraction of sp³-hybridized carbons (Fsp3) is 0.545. The molecule has 7 heteroatoms. The maximum absolute atomic E-state index is 11.8. The van der Waals surface area contributed by atoms with Gasteiger partial charge in [0.25, 0.3) is 0 Å². The van der Waals surface area contributed by atoms with E-state index in [2.05, 4.69) is 10.3 Å². The van der Waals surface area contributed by atoms with Crippen LogP contribution in [0.25, 0.3) is 0 Å². The molecule has 1 rings (SSSR count). The van der Waals surface area contributed by atoms with Crippen LogP contribution in [0.2, 0.25) is 0 Å². The number of hydrogen-bond acceptors (Lipinski definition) is 5. The van der Waals surface area contributed by atoms with E-state index in [1.54, 1.807) is 5.38 Å². The van der Waals surface area contributed by atoms with Crippen molar-refractivity contribution in [2.75, 3.05) is 5.32 Å². The van der Waals surface area contributed by atoms with E-state index in [1.807, 2.05) is 13.8 Å². The Balaban J connectivity index is 2.59. The smallest absolute Gasteiger partial charge is 0.309 e. The molecule has 0 saturated heterocycles. The van der Waals surface area contributed by atoms with Crippen molar-refractivity contribution in [3.05, 3.63) is 11.1 Å². The summed E-state index contributed by atoms with van der Waals surface area (Å²) in [6.07, 6.45) is 0.667. The number of anilines is 1. The number of nitrogens with one attached hydrogen (secondary N) is 1. The standard InChI is InChI=1S/C11H17N3O3S/c1-3-6(2)9(12)10(17)14-11-13-7(5-18-11)4-8(15)16/h5-6,9H,3-4,12H2,1-2H3,(H,15,16)(H,13,14,17)/t6?,9-/m0/s1. The zero-order chi connectivity index (χ0) is 13.7. The van der Waals surface area contributed by atoms with Gasteiger partial charge in [-0.3, -0.25) is 9.59 Å². The van der Waals surface area contributed by atoms with E-state index in [0.29, 0.717) is 10.8 Å². The predicted molar refractivity (Wildman–Crippen MR) is 69.5 cm³/mol. The molecule has 1 aromatic rings. The van der Waals surface area contributed by atoms with Crippen LogP contribution in [0.4, 0.5) is 5.13 Å². The summed E-state index contributed by atoms with van der Waals surface area (Å²) in [7, 11) is 0. The van der Waals surface area contributed by atoms with E-state index >= 15 is 0 Å². The van der Waals surface area contributed by atoms with Gasteiger partial charge in [-0.1, -0.05) is 20.3 Å². The molecule has 6 nitrogen and oxygen atoms in total. The second-order valence-corrected chi connectivity index (χ2v) is 4.97. The Morgan fingerprint density at radius 3 is 2.83 bits per heavy atom. The summed E-state index contributed by atoms with van der Waals surface area (Å²) in [6.45, 7) is 3.87. The highest BCUT2D eigenvalue weighted by Gasteiger charge is 2.20. The van der Waals surface area contributed by atoms with E-state index in [1.165, 1.54) is 11.3 Å². The van der Waals surface area contributed by atoms with Gasteiger partial charge in [0, 0.05) is 5.38 Å². The largest absolute Gasteiger partial charge is 0.481 e. The van der Waals surface area contributed by atoms with Gasteiger partial charge in [0.05, 0.1) is 18.2 Å². The summed E-state index contributed by atoms with van der Waals surface area (Å²) >= 11 is 1.19. The number of hydrogen-bond donors (Lipinski definition) is 3. The summed E-state index contributed by atoms with van der Waals surface area (Å²) in [5.41, 5.74) is 6.21. The van der Waals surface area contributed by atoms with Crippen LogP contribution in [0, 0.1) is 5.92 Å². The number of amides is 1. The van der Waals surface area contributed by atoms with Crippen molar-refractivity contribution in [1.82, 2.24) is 4.98 Å². The van der Waals surface area contributed by atoms with E-state index < -0.39 is 12.0 Å². The van der Waals surface area contributed by atoms with Crippen molar-refractivity contribution in [2.24, 2.45) is 11.7 Å². The van der Waals surface area contributed by atoms with Gasteiger partial charge >= 0.3 is 5.97 Å². The van der Waals surface area contributed by atoms with Crippen LogP contribution in [0.5, 0.6) is 0 Å². The molecule has 0 bridgehead atoms. The molecule has 0 fully saturated rings. The molecule has 0 spiro atoms. The number of aliphatic carboxylic acids is 1. The fourth-order valence-corrected chi connectivity index (χ4v) is 2.01. The minimum absolute atomic E-state index is 0.0865. The highest BCUT2D eigenvalue weighted by Crippen LogP contribution is 2.17. The summed E-state index contributed by atoms with van der Waals surface area (Å²) in [5, 5.41) is 13.2. The number of carboxylic acid groups (broad SMARTS) is 1. The van der Waals surface area contributed by atoms with Crippen molar-refractivity contribution >= 4 is 28.3 Å². The SMILES string of the molecule is CCC(C)[C@H](N)C(=O)Nc1nc(CC(=O)O)cs1. The summed E-state index contributed by atoms with van der Waals surface area (Å²) < 4.78 is 0. The van der Waals surface area contributed by atoms with Gasteiger partial charge in [0.2, 0.25) is 5.91 Å². The van der Waals surface area contributed by atoms with Crippen LogP contribution < -0.4 is 11.1 Å². The van der Waals surface area contributed by atoms with Gasteiger partial charge in [-0.2, -0.15) is 0 Å². The lowest BCUT2D eigenvalue weighted by Gasteiger charge is -2.16. The molecule has 0 aliphatic heterocycles. The van der Waals surface area contributed by atoms with Crippen molar-refractivity contribution in [2.45, 2.75) is 32.7 Å². The van der Waals surface area contributed by atoms with Gasteiger partial charge in [-0.25, -0.2) is 4.98 Å². The molecule has 0 aliphatic rings. The Hall–Kier alpha value is -1.47. The van der Waals surface area contributed by atoms with Crippen LogP contribution >= 0.6 is 11.3 Å². The molecule has 1 heterocycles. The zero-order valence-corrected chi connectivity index (χ0v) is 11.2. The second-order valence-electron chi connectivity index (χ2n) is 4.12. The Labute approximate surface area is 109 Å². The average molecular weight is 271 g/mol. The van der Waals surface area contributed by atoms with Crippen molar-refractivity contribution in [1.29, 1.82) is 0 Å². The third-order valence-electron chi connectivity index (χ3n) is 2.67. The van der Waals surface area contributed by atoms with Crippen LogP contribution in [0.15, 0.2) is 5.38 Å². The molecular weight excluding hydrogens is 254 g/mol. The number of rotatable bonds is 6. The number of nitrogens with zero attached hydrogens (tertiary/aromatic N) is 1. The van der Waals surface area contributed by atoms with Gasteiger partial charge in [0.1, 0.15) is 0 Å². The third-order valence-corrected chi connectivity index (χ3v) is 3.48. The number of carbonyl (C=O) groups is 2. The maximum Gasteiger partial charge on any atom is 0.309 e. The molecule has 1 unspecified atom stereocenters. The Kier molecular flexibility index (Phi) is 5.24. The molecule has 18 heavy (non-hydrogen) atoms. The summed E-state index contributed by atoms with van der Waals surface area (Å²) in [5.74, 6) is -1.15. The average Bonchev–Trinajstić information content (AvgIpc) is 2.73. The molecular formula is C11H17N3O3S. The van der Waals surface area contributed by atoms with Gasteiger partial charge in [-0.15, -0.1) is 11.3 Å². The lowest BCUT2D eigenvalue weighted by Crippen LogP contribution is -2.40. The lowest BCUT2D eigenvalue weighted by atomic mass is 10.00. The van der Waals surface area contributed by atoms with Crippen LogP contribution in [0.1, 0.15) is 26.0 Å².